The Hall–Kier alpha value is -1.26. The zero-order valence-corrected chi connectivity index (χ0v) is 11.4. The Balaban J connectivity index is 1.88. The summed E-state index contributed by atoms with van der Waals surface area (Å²) in [5.41, 5.74) is 7.17. The van der Waals surface area contributed by atoms with Crippen LogP contribution in [-0.2, 0) is 10.3 Å². The van der Waals surface area contributed by atoms with Gasteiger partial charge in [0.2, 0.25) is 0 Å². The van der Waals surface area contributed by atoms with Gasteiger partial charge in [-0.15, -0.1) is 0 Å². The molecule has 4 heteroatoms. The van der Waals surface area contributed by atoms with Crippen molar-refractivity contribution in [3.8, 4) is 11.5 Å². The van der Waals surface area contributed by atoms with Gasteiger partial charge < -0.3 is 19.9 Å². The molecule has 1 saturated carbocycles. The molecule has 1 aliphatic carbocycles. The first-order valence-corrected chi connectivity index (χ1v) is 6.94. The molecular weight excluding hydrogens is 242 g/mol. The maximum Gasteiger partial charge on any atom is 0.166 e. The van der Waals surface area contributed by atoms with Crippen molar-refractivity contribution in [1.29, 1.82) is 0 Å². The van der Waals surface area contributed by atoms with E-state index >= 15 is 0 Å². The first-order valence-electron chi connectivity index (χ1n) is 6.94. The third-order valence-corrected chi connectivity index (χ3v) is 3.93. The SMILES string of the molecule is COc1cccc(C2(N)CC2)c1OC1CCCOC1. The molecule has 0 amide bonds. The molecule has 2 fully saturated rings. The molecule has 4 nitrogen and oxygen atoms in total. The Bertz CT molecular complexity index is 451. The van der Waals surface area contributed by atoms with Crippen molar-refractivity contribution in [2.24, 2.45) is 5.73 Å². The number of hydrogen-bond acceptors (Lipinski definition) is 4. The van der Waals surface area contributed by atoms with Crippen LogP contribution in [0.25, 0.3) is 0 Å². The third kappa shape index (κ3) is 2.55. The fourth-order valence-electron chi connectivity index (χ4n) is 2.57. The quantitative estimate of drug-likeness (QED) is 0.904. The van der Waals surface area contributed by atoms with Gasteiger partial charge in [0.15, 0.2) is 11.5 Å². The van der Waals surface area contributed by atoms with Crippen molar-refractivity contribution in [1.82, 2.24) is 0 Å². The first-order chi connectivity index (χ1) is 9.23. The summed E-state index contributed by atoms with van der Waals surface area (Å²) in [4.78, 5) is 0. The van der Waals surface area contributed by atoms with Crippen LogP contribution in [0.5, 0.6) is 11.5 Å². The first kappa shape index (κ1) is 12.8. The molecule has 1 saturated heterocycles. The minimum Gasteiger partial charge on any atom is -0.493 e. The van der Waals surface area contributed by atoms with Gasteiger partial charge in [-0.3, -0.25) is 0 Å². The van der Waals surface area contributed by atoms with E-state index in [1.807, 2.05) is 12.1 Å². The van der Waals surface area contributed by atoms with E-state index in [0.717, 1.165) is 49.4 Å². The molecule has 1 aromatic rings. The lowest BCUT2D eigenvalue weighted by atomic mass is 10.0. The number of hydrogen-bond donors (Lipinski definition) is 1. The number of methoxy groups -OCH3 is 1. The summed E-state index contributed by atoms with van der Waals surface area (Å²) in [6.45, 7) is 1.48. The summed E-state index contributed by atoms with van der Waals surface area (Å²) in [7, 11) is 1.67. The fraction of sp³-hybridized carbons (Fsp3) is 0.600. The van der Waals surface area contributed by atoms with Gasteiger partial charge in [-0.1, -0.05) is 12.1 Å². The second-order valence-corrected chi connectivity index (χ2v) is 5.45. The minimum atomic E-state index is -0.223. The van der Waals surface area contributed by atoms with E-state index in [1.54, 1.807) is 7.11 Å². The second-order valence-electron chi connectivity index (χ2n) is 5.45. The molecule has 0 bridgehead atoms. The lowest BCUT2D eigenvalue weighted by Gasteiger charge is -2.26. The van der Waals surface area contributed by atoms with E-state index in [4.69, 9.17) is 19.9 Å². The summed E-state index contributed by atoms with van der Waals surface area (Å²) in [5, 5.41) is 0. The van der Waals surface area contributed by atoms with Crippen LogP contribution >= 0.6 is 0 Å². The van der Waals surface area contributed by atoms with Crippen LogP contribution in [0, 0.1) is 0 Å². The highest BCUT2D eigenvalue weighted by molar-refractivity contribution is 5.51. The molecule has 0 spiro atoms. The maximum absolute atomic E-state index is 6.33. The smallest absolute Gasteiger partial charge is 0.166 e. The molecule has 2 aliphatic rings. The van der Waals surface area contributed by atoms with Crippen LogP contribution in [0.15, 0.2) is 18.2 Å². The Morgan fingerprint density at radius 1 is 1.37 bits per heavy atom. The summed E-state index contributed by atoms with van der Waals surface area (Å²) in [6, 6.07) is 5.95. The Morgan fingerprint density at radius 3 is 2.84 bits per heavy atom. The van der Waals surface area contributed by atoms with Crippen LogP contribution in [0.3, 0.4) is 0 Å². The number of rotatable bonds is 4. The van der Waals surface area contributed by atoms with Gasteiger partial charge in [0.1, 0.15) is 6.10 Å². The van der Waals surface area contributed by atoms with Crippen molar-refractivity contribution in [2.75, 3.05) is 20.3 Å². The van der Waals surface area contributed by atoms with Crippen LogP contribution in [0.4, 0.5) is 0 Å². The molecule has 0 radical (unpaired) electrons. The number of para-hydroxylation sites is 1. The van der Waals surface area contributed by atoms with E-state index in [0.29, 0.717) is 6.61 Å². The molecule has 1 aromatic carbocycles. The van der Waals surface area contributed by atoms with E-state index < -0.39 is 0 Å². The highest BCUT2D eigenvalue weighted by Crippen LogP contribution is 2.49. The molecule has 19 heavy (non-hydrogen) atoms. The van der Waals surface area contributed by atoms with Crippen LogP contribution < -0.4 is 15.2 Å². The van der Waals surface area contributed by atoms with Gasteiger partial charge in [-0.2, -0.15) is 0 Å². The number of nitrogens with two attached hydrogens (primary N) is 1. The molecule has 1 atom stereocenters. The van der Waals surface area contributed by atoms with E-state index in [1.165, 1.54) is 0 Å². The molecule has 0 aromatic heterocycles. The zero-order valence-electron chi connectivity index (χ0n) is 11.4. The van der Waals surface area contributed by atoms with E-state index in [9.17, 15) is 0 Å². The molecule has 1 unspecified atom stereocenters. The normalized spacial score (nSPS) is 24.8. The van der Waals surface area contributed by atoms with E-state index in [-0.39, 0.29) is 11.6 Å². The van der Waals surface area contributed by atoms with Crippen molar-refractivity contribution in [3.05, 3.63) is 23.8 Å². The lowest BCUT2D eigenvalue weighted by molar-refractivity contribution is 0.00582. The van der Waals surface area contributed by atoms with Crippen molar-refractivity contribution in [2.45, 2.75) is 37.3 Å². The molecule has 2 N–H and O–H groups in total. The van der Waals surface area contributed by atoms with E-state index in [2.05, 4.69) is 6.07 Å². The maximum atomic E-state index is 6.33. The number of benzene rings is 1. The molecule has 104 valence electrons. The van der Waals surface area contributed by atoms with Gasteiger partial charge in [0, 0.05) is 17.7 Å². The summed E-state index contributed by atoms with van der Waals surface area (Å²) >= 11 is 0. The Kier molecular flexibility index (Phi) is 3.37. The van der Waals surface area contributed by atoms with Gasteiger partial charge in [-0.05, 0) is 31.7 Å². The third-order valence-electron chi connectivity index (χ3n) is 3.93. The standard InChI is InChI=1S/C15H21NO3/c1-17-13-6-2-5-12(15(16)7-8-15)14(13)19-11-4-3-9-18-10-11/h2,5-6,11H,3-4,7-10,16H2,1H3. The van der Waals surface area contributed by atoms with Crippen molar-refractivity contribution in [3.63, 3.8) is 0 Å². The minimum absolute atomic E-state index is 0.103. The van der Waals surface area contributed by atoms with Crippen LogP contribution in [0.2, 0.25) is 0 Å². The monoisotopic (exact) mass is 263 g/mol. The molecule has 3 rings (SSSR count). The average Bonchev–Trinajstić information content (AvgIpc) is 3.19. The molecule has 1 heterocycles. The average molecular weight is 263 g/mol. The van der Waals surface area contributed by atoms with Crippen molar-refractivity contribution < 1.29 is 14.2 Å². The van der Waals surface area contributed by atoms with Gasteiger partial charge >= 0.3 is 0 Å². The summed E-state index contributed by atoms with van der Waals surface area (Å²) in [5.74, 6) is 1.57. The topological polar surface area (TPSA) is 53.7 Å². The predicted molar refractivity (Wildman–Crippen MR) is 72.6 cm³/mol. The Morgan fingerprint density at radius 2 is 2.21 bits per heavy atom. The fourth-order valence-corrected chi connectivity index (χ4v) is 2.57. The van der Waals surface area contributed by atoms with Crippen molar-refractivity contribution >= 4 is 0 Å². The Labute approximate surface area is 113 Å². The number of ether oxygens (including phenoxy) is 3. The summed E-state index contributed by atoms with van der Waals surface area (Å²) < 4.78 is 17.0. The van der Waals surface area contributed by atoms with Gasteiger partial charge in [0.05, 0.1) is 13.7 Å². The second kappa shape index (κ2) is 5.02. The largest absolute Gasteiger partial charge is 0.493 e. The molecule has 1 aliphatic heterocycles. The zero-order chi connectivity index (χ0) is 13.3. The van der Waals surface area contributed by atoms with Crippen LogP contribution in [-0.4, -0.2) is 26.4 Å². The highest BCUT2D eigenvalue weighted by atomic mass is 16.5. The molecular formula is C15H21NO3. The highest BCUT2D eigenvalue weighted by Gasteiger charge is 2.43. The lowest BCUT2D eigenvalue weighted by Crippen LogP contribution is -2.30. The van der Waals surface area contributed by atoms with Gasteiger partial charge in [-0.25, -0.2) is 0 Å². The van der Waals surface area contributed by atoms with Crippen LogP contribution in [0.1, 0.15) is 31.2 Å². The summed E-state index contributed by atoms with van der Waals surface area (Å²) in [6.07, 6.45) is 4.19. The van der Waals surface area contributed by atoms with Gasteiger partial charge in [0.25, 0.3) is 0 Å². The predicted octanol–water partition coefficient (Wildman–Crippen LogP) is 2.20.